The molecule has 0 aliphatic rings. The van der Waals surface area contributed by atoms with Gasteiger partial charge in [-0.25, -0.2) is 0 Å². The second kappa shape index (κ2) is 6.76. The molecule has 21 heavy (non-hydrogen) atoms. The van der Waals surface area contributed by atoms with Crippen molar-refractivity contribution in [3.8, 4) is 0 Å². The number of para-hydroxylation sites is 1. The van der Waals surface area contributed by atoms with E-state index >= 15 is 0 Å². The van der Waals surface area contributed by atoms with E-state index in [0.29, 0.717) is 13.0 Å². The highest BCUT2D eigenvalue weighted by atomic mass is 79.9. The summed E-state index contributed by atoms with van der Waals surface area (Å²) >= 11 is 3.55. The van der Waals surface area contributed by atoms with Crippen LogP contribution in [0, 0.1) is 6.92 Å². The van der Waals surface area contributed by atoms with E-state index in [0.717, 1.165) is 21.1 Å². The average Bonchev–Trinajstić information content (AvgIpc) is 2.69. The van der Waals surface area contributed by atoms with Crippen LogP contribution in [0.3, 0.4) is 0 Å². The van der Waals surface area contributed by atoms with E-state index in [9.17, 15) is 9.59 Å². The smallest absolute Gasteiger partial charge is 0.303 e. The van der Waals surface area contributed by atoms with Crippen molar-refractivity contribution in [1.82, 2.24) is 9.88 Å². The van der Waals surface area contributed by atoms with Gasteiger partial charge in [0.15, 0.2) is 0 Å². The molecule has 0 fully saturated rings. The van der Waals surface area contributed by atoms with Gasteiger partial charge in [-0.15, -0.1) is 0 Å². The lowest BCUT2D eigenvalue weighted by Crippen LogP contribution is -2.29. The van der Waals surface area contributed by atoms with Crippen LogP contribution in [0.15, 0.2) is 28.7 Å². The van der Waals surface area contributed by atoms with Crippen molar-refractivity contribution in [3.05, 3.63) is 34.4 Å². The van der Waals surface area contributed by atoms with Gasteiger partial charge in [0.05, 0.1) is 0 Å². The van der Waals surface area contributed by atoms with Crippen molar-refractivity contribution < 1.29 is 14.7 Å². The number of aromatic nitrogens is 1. The monoisotopic (exact) mass is 352 g/mol. The van der Waals surface area contributed by atoms with Crippen molar-refractivity contribution >= 4 is 38.7 Å². The average molecular weight is 353 g/mol. The molecule has 0 aliphatic heterocycles. The Morgan fingerprint density at radius 2 is 2.05 bits per heavy atom. The maximum Gasteiger partial charge on any atom is 0.303 e. The largest absolute Gasteiger partial charge is 0.481 e. The topological polar surface area (TPSA) is 71.3 Å². The van der Waals surface area contributed by atoms with E-state index in [2.05, 4.69) is 21.2 Å². The van der Waals surface area contributed by atoms with E-state index in [4.69, 9.17) is 5.11 Å². The fourth-order valence-electron chi connectivity index (χ4n) is 2.26. The van der Waals surface area contributed by atoms with Crippen LogP contribution in [0.5, 0.6) is 0 Å². The van der Waals surface area contributed by atoms with Crippen molar-refractivity contribution in [2.45, 2.75) is 26.3 Å². The van der Waals surface area contributed by atoms with Crippen molar-refractivity contribution in [1.29, 1.82) is 0 Å². The highest BCUT2D eigenvalue weighted by Crippen LogP contribution is 2.30. The second-order valence-corrected chi connectivity index (χ2v) is 5.64. The summed E-state index contributed by atoms with van der Waals surface area (Å²) in [5.74, 6) is -0.961. The molecular weight excluding hydrogens is 336 g/mol. The summed E-state index contributed by atoms with van der Waals surface area (Å²) in [6, 6.07) is 7.89. The molecule has 0 saturated heterocycles. The summed E-state index contributed by atoms with van der Waals surface area (Å²) in [6.45, 7) is 2.57. The number of carbonyl (C=O) groups excluding carboxylic acids is 1. The predicted octanol–water partition coefficient (Wildman–Crippen LogP) is 2.69. The zero-order valence-electron chi connectivity index (χ0n) is 11.7. The van der Waals surface area contributed by atoms with Gasteiger partial charge < -0.3 is 15.0 Å². The number of hydrogen-bond donors (Lipinski definition) is 2. The SMILES string of the molecule is Cc1c(Br)c2ccccc2n1CC(=O)NCCCC(=O)O. The fraction of sp³-hybridized carbons (Fsp3) is 0.333. The van der Waals surface area contributed by atoms with Gasteiger partial charge in [0.1, 0.15) is 6.54 Å². The van der Waals surface area contributed by atoms with Gasteiger partial charge in [0, 0.05) is 34.0 Å². The van der Waals surface area contributed by atoms with Crippen LogP contribution in [0.4, 0.5) is 0 Å². The Balaban J connectivity index is 2.04. The van der Waals surface area contributed by atoms with Gasteiger partial charge in [-0.3, -0.25) is 9.59 Å². The number of hydrogen-bond acceptors (Lipinski definition) is 2. The molecule has 1 aromatic heterocycles. The summed E-state index contributed by atoms with van der Waals surface area (Å²) in [5.41, 5.74) is 2.00. The van der Waals surface area contributed by atoms with Crippen molar-refractivity contribution in [2.24, 2.45) is 0 Å². The van der Waals surface area contributed by atoms with E-state index in [1.54, 1.807) is 0 Å². The van der Waals surface area contributed by atoms with Gasteiger partial charge in [-0.1, -0.05) is 18.2 Å². The molecule has 1 heterocycles. The number of aliphatic carboxylic acids is 1. The molecule has 0 atom stereocenters. The van der Waals surface area contributed by atoms with Crippen LogP contribution in [0.1, 0.15) is 18.5 Å². The van der Waals surface area contributed by atoms with Gasteiger partial charge in [0.2, 0.25) is 5.91 Å². The summed E-state index contributed by atoms with van der Waals surface area (Å²) in [5, 5.41) is 12.4. The van der Waals surface area contributed by atoms with Crippen LogP contribution in [-0.2, 0) is 16.1 Å². The first kappa shape index (κ1) is 15.6. The highest BCUT2D eigenvalue weighted by molar-refractivity contribution is 9.10. The molecule has 6 heteroatoms. The lowest BCUT2D eigenvalue weighted by Gasteiger charge is -2.09. The molecule has 1 aromatic carbocycles. The molecule has 2 aromatic rings. The first-order valence-corrected chi connectivity index (χ1v) is 7.52. The molecule has 0 unspecified atom stereocenters. The van der Waals surface area contributed by atoms with Crippen LogP contribution < -0.4 is 5.32 Å². The lowest BCUT2D eigenvalue weighted by atomic mass is 10.2. The van der Waals surface area contributed by atoms with Gasteiger partial charge in [-0.05, 0) is 35.3 Å². The quantitative estimate of drug-likeness (QED) is 0.785. The normalized spacial score (nSPS) is 10.8. The number of rotatable bonds is 6. The Morgan fingerprint density at radius 3 is 2.76 bits per heavy atom. The summed E-state index contributed by atoms with van der Waals surface area (Å²) in [4.78, 5) is 22.4. The number of carboxylic acid groups (broad SMARTS) is 1. The van der Waals surface area contributed by atoms with Gasteiger partial charge in [0.25, 0.3) is 0 Å². The third kappa shape index (κ3) is 3.64. The Morgan fingerprint density at radius 1 is 1.33 bits per heavy atom. The van der Waals surface area contributed by atoms with E-state index in [-0.39, 0.29) is 18.9 Å². The molecule has 0 aliphatic carbocycles. The number of carboxylic acids is 1. The fourth-order valence-corrected chi connectivity index (χ4v) is 2.81. The third-order valence-electron chi connectivity index (χ3n) is 3.35. The number of nitrogens with zero attached hydrogens (tertiary/aromatic N) is 1. The molecule has 0 bridgehead atoms. The second-order valence-electron chi connectivity index (χ2n) is 4.85. The number of benzene rings is 1. The third-order valence-corrected chi connectivity index (χ3v) is 4.35. The first-order chi connectivity index (χ1) is 10.0. The van der Waals surface area contributed by atoms with Crippen LogP contribution in [0.2, 0.25) is 0 Å². The zero-order valence-corrected chi connectivity index (χ0v) is 13.3. The number of fused-ring (bicyclic) bond motifs is 1. The van der Waals surface area contributed by atoms with Crippen molar-refractivity contribution in [2.75, 3.05) is 6.54 Å². The summed E-state index contributed by atoms with van der Waals surface area (Å²) in [7, 11) is 0. The Bertz CT molecular complexity index is 679. The first-order valence-electron chi connectivity index (χ1n) is 6.72. The van der Waals surface area contributed by atoms with E-state index in [1.807, 2.05) is 35.8 Å². The zero-order chi connectivity index (χ0) is 15.4. The Kier molecular flexibility index (Phi) is 5.01. The molecule has 2 N–H and O–H groups in total. The minimum atomic E-state index is -0.847. The Labute approximate surface area is 131 Å². The molecule has 2 rings (SSSR count). The number of amides is 1. The molecule has 0 saturated carbocycles. The number of nitrogens with one attached hydrogen (secondary N) is 1. The van der Waals surface area contributed by atoms with E-state index in [1.165, 1.54) is 0 Å². The molecule has 1 amide bonds. The molecule has 112 valence electrons. The minimum Gasteiger partial charge on any atom is -0.481 e. The maximum atomic E-state index is 12.0. The summed E-state index contributed by atoms with van der Waals surface area (Å²) < 4.78 is 2.95. The molecular formula is C15H17BrN2O3. The Hall–Kier alpha value is -1.82. The van der Waals surface area contributed by atoms with Crippen LogP contribution in [-0.4, -0.2) is 28.1 Å². The van der Waals surface area contributed by atoms with Crippen molar-refractivity contribution in [3.63, 3.8) is 0 Å². The molecule has 5 nitrogen and oxygen atoms in total. The number of carbonyl (C=O) groups is 2. The van der Waals surface area contributed by atoms with Crippen LogP contribution >= 0.6 is 15.9 Å². The predicted molar refractivity (Wildman–Crippen MR) is 84.3 cm³/mol. The number of halogens is 1. The van der Waals surface area contributed by atoms with Gasteiger partial charge in [-0.2, -0.15) is 0 Å². The minimum absolute atomic E-state index is 0.0668. The lowest BCUT2D eigenvalue weighted by molar-refractivity contribution is -0.137. The summed E-state index contributed by atoms with van der Waals surface area (Å²) in [6.07, 6.45) is 0.507. The molecule has 0 radical (unpaired) electrons. The standard InChI is InChI=1S/C15H17BrN2O3/c1-10-15(16)11-5-2-3-6-12(11)18(10)9-13(19)17-8-4-7-14(20)21/h2-3,5-6H,4,7-9H2,1H3,(H,17,19)(H,20,21). The maximum absolute atomic E-state index is 12.0. The highest BCUT2D eigenvalue weighted by Gasteiger charge is 2.13. The van der Waals surface area contributed by atoms with E-state index < -0.39 is 5.97 Å². The van der Waals surface area contributed by atoms with Crippen LogP contribution in [0.25, 0.3) is 10.9 Å². The molecule has 0 spiro atoms. The van der Waals surface area contributed by atoms with Gasteiger partial charge >= 0.3 is 5.97 Å².